The minimum Gasteiger partial charge on any atom is -0.368 e. The van der Waals surface area contributed by atoms with Gasteiger partial charge in [-0.2, -0.15) is 0 Å². The molecule has 5 rings (SSSR count). The van der Waals surface area contributed by atoms with Crippen molar-refractivity contribution in [1.29, 1.82) is 0 Å². The molecule has 2 aromatic carbocycles. The van der Waals surface area contributed by atoms with Crippen LogP contribution in [0.25, 0.3) is 0 Å². The van der Waals surface area contributed by atoms with E-state index in [0.717, 1.165) is 20.2 Å². The summed E-state index contributed by atoms with van der Waals surface area (Å²) in [5, 5.41) is 7.60. The van der Waals surface area contributed by atoms with Crippen LogP contribution in [-0.2, 0) is 9.59 Å². The predicted molar refractivity (Wildman–Crippen MR) is 167 cm³/mol. The molecule has 2 aromatic heterocycles. The average molecular weight is 601 g/mol. The minimum absolute atomic E-state index is 0.146. The smallest absolute Gasteiger partial charge is 0.323 e. The van der Waals surface area contributed by atoms with E-state index >= 15 is 0 Å². The van der Waals surface area contributed by atoms with E-state index in [0.29, 0.717) is 22.5 Å². The van der Waals surface area contributed by atoms with Gasteiger partial charge in [-0.3, -0.25) is 14.4 Å². The first-order chi connectivity index (χ1) is 20.1. The lowest BCUT2D eigenvalue weighted by molar-refractivity contribution is -0.122. The summed E-state index contributed by atoms with van der Waals surface area (Å²) in [6, 6.07) is 17.4. The average Bonchev–Trinajstić information content (AvgIpc) is 3.63. The number of urea groups is 1. The zero-order valence-corrected chi connectivity index (χ0v) is 25.3. The molecule has 4 amide bonds. The van der Waals surface area contributed by atoms with E-state index < -0.39 is 35.9 Å². The summed E-state index contributed by atoms with van der Waals surface area (Å²) in [7, 11) is 0. The molecule has 4 N–H and O–H groups in total. The van der Waals surface area contributed by atoms with Crippen molar-refractivity contribution in [3.63, 3.8) is 0 Å². The molecule has 216 valence electrons. The van der Waals surface area contributed by atoms with Crippen molar-refractivity contribution >= 4 is 57.7 Å². The van der Waals surface area contributed by atoms with Crippen molar-refractivity contribution in [2.75, 3.05) is 10.6 Å². The van der Waals surface area contributed by atoms with Crippen molar-refractivity contribution in [2.45, 2.75) is 45.7 Å². The van der Waals surface area contributed by atoms with Crippen LogP contribution in [0.3, 0.4) is 0 Å². The lowest BCUT2D eigenvalue weighted by Gasteiger charge is -2.30. The van der Waals surface area contributed by atoms with E-state index in [1.165, 1.54) is 34.5 Å². The molecule has 1 aliphatic heterocycles. The number of carbonyl (C=O) groups excluding carboxylic acids is 4. The van der Waals surface area contributed by atoms with Crippen LogP contribution in [0, 0.1) is 26.7 Å². The van der Waals surface area contributed by atoms with Gasteiger partial charge in [-0.1, -0.05) is 30.3 Å². The van der Waals surface area contributed by atoms with Gasteiger partial charge in [0.25, 0.3) is 0 Å². The van der Waals surface area contributed by atoms with Crippen molar-refractivity contribution in [2.24, 2.45) is 11.7 Å². The first kappa shape index (κ1) is 29.2. The van der Waals surface area contributed by atoms with Crippen molar-refractivity contribution in [3.05, 3.63) is 103 Å². The van der Waals surface area contributed by atoms with Crippen LogP contribution in [0.1, 0.15) is 55.0 Å². The Labute approximate surface area is 252 Å². The number of rotatable bonds is 7. The fourth-order valence-electron chi connectivity index (χ4n) is 5.91. The Morgan fingerprint density at radius 1 is 0.881 bits per heavy atom. The summed E-state index contributed by atoms with van der Waals surface area (Å²) >= 11 is 2.99. The molecule has 4 unspecified atom stereocenters. The Kier molecular flexibility index (Phi) is 8.29. The molecule has 42 heavy (non-hydrogen) atoms. The Bertz CT molecular complexity index is 1640. The standard InChI is InChI=1S/C32H32N4O4S2/c1-17-14-15-41-30(17)27-26(29(38)24-16-18(2)42-19(24)3)25(21-10-12-23(13-11-21)34-20(4)37)28(31(33)39)36(27)32(40)35-22-8-6-5-7-9-22/h5-16,25-28H,1-4H3,(H2,33,39)(H,34,37)(H,35,40). The number of primary amides is 1. The highest BCUT2D eigenvalue weighted by Gasteiger charge is 2.58. The molecular formula is C32H32N4O4S2. The number of nitrogens with one attached hydrogen (secondary N) is 2. The van der Waals surface area contributed by atoms with Gasteiger partial charge in [0.15, 0.2) is 5.78 Å². The first-order valence-electron chi connectivity index (χ1n) is 13.5. The number of hydrogen-bond donors (Lipinski definition) is 3. The summed E-state index contributed by atoms with van der Waals surface area (Å²) in [5.41, 5.74) is 9.42. The number of benzene rings is 2. The molecule has 0 bridgehead atoms. The van der Waals surface area contributed by atoms with Crippen molar-refractivity contribution < 1.29 is 19.2 Å². The number of aryl methyl sites for hydroxylation is 3. The van der Waals surface area contributed by atoms with Crippen molar-refractivity contribution in [1.82, 2.24) is 4.90 Å². The van der Waals surface area contributed by atoms with Gasteiger partial charge < -0.3 is 21.3 Å². The zero-order valence-electron chi connectivity index (χ0n) is 23.7. The number of ketones is 1. The number of carbonyl (C=O) groups is 4. The Morgan fingerprint density at radius 2 is 1.55 bits per heavy atom. The van der Waals surface area contributed by atoms with Crippen LogP contribution < -0.4 is 16.4 Å². The van der Waals surface area contributed by atoms with Gasteiger partial charge in [0.05, 0.1) is 12.0 Å². The van der Waals surface area contributed by atoms with E-state index in [1.54, 1.807) is 48.5 Å². The predicted octanol–water partition coefficient (Wildman–Crippen LogP) is 6.42. The first-order valence-corrected chi connectivity index (χ1v) is 15.2. The monoisotopic (exact) mass is 600 g/mol. The molecular weight excluding hydrogens is 569 g/mol. The van der Waals surface area contributed by atoms with E-state index in [2.05, 4.69) is 10.6 Å². The van der Waals surface area contributed by atoms with Crippen LogP contribution in [0.2, 0.25) is 0 Å². The Morgan fingerprint density at radius 3 is 2.10 bits per heavy atom. The summed E-state index contributed by atoms with van der Waals surface area (Å²) in [6.07, 6.45) is 0. The number of Topliss-reactive ketones (excluding diaryl/α,β-unsaturated/α-hetero) is 1. The molecule has 0 saturated carbocycles. The molecule has 1 aliphatic rings. The molecule has 3 heterocycles. The molecule has 4 atom stereocenters. The quantitative estimate of drug-likeness (QED) is 0.212. The van der Waals surface area contributed by atoms with E-state index in [9.17, 15) is 19.2 Å². The number of likely N-dealkylation sites (tertiary alicyclic amines) is 1. The van der Waals surface area contributed by atoms with Gasteiger partial charge in [-0.05, 0) is 73.7 Å². The topological polar surface area (TPSA) is 122 Å². The third-order valence-corrected chi connectivity index (χ3v) is 9.67. The SMILES string of the molecule is CC(=O)Nc1ccc(C2C(C(=O)c3cc(C)sc3C)C(c3sccc3C)N(C(=O)Nc3ccccc3)C2C(N)=O)cc1. The highest BCUT2D eigenvalue weighted by Crippen LogP contribution is 2.53. The van der Waals surface area contributed by atoms with Gasteiger partial charge >= 0.3 is 6.03 Å². The number of nitrogens with two attached hydrogens (primary N) is 1. The maximum Gasteiger partial charge on any atom is 0.323 e. The number of nitrogens with zero attached hydrogens (tertiary/aromatic N) is 1. The van der Waals surface area contributed by atoms with E-state index in [4.69, 9.17) is 5.73 Å². The van der Waals surface area contributed by atoms with Crippen LogP contribution >= 0.6 is 22.7 Å². The molecule has 0 radical (unpaired) electrons. The number of para-hydroxylation sites is 1. The van der Waals surface area contributed by atoms with Gasteiger partial charge in [-0.25, -0.2) is 4.79 Å². The zero-order chi connectivity index (χ0) is 30.1. The Balaban J connectivity index is 1.71. The summed E-state index contributed by atoms with van der Waals surface area (Å²) in [5.74, 6) is -2.62. The van der Waals surface area contributed by atoms with Gasteiger partial charge in [-0.15, -0.1) is 22.7 Å². The Hall–Kier alpha value is -4.28. The maximum absolute atomic E-state index is 14.6. The van der Waals surface area contributed by atoms with Crippen LogP contribution in [0.5, 0.6) is 0 Å². The van der Waals surface area contributed by atoms with Crippen LogP contribution in [-0.4, -0.2) is 34.6 Å². The summed E-state index contributed by atoms with van der Waals surface area (Å²) in [6.45, 7) is 7.22. The van der Waals surface area contributed by atoms with Crippen LogP contribution in [0.4, 0.5) is 16.2 Å². The molecule has 4 aromatic rings. The molecule has 10 heteroatoms. The fraction of sp³-hybridized carbons (Fsp3) is 0.250. The van der Waals surface area contributed by atoms with Crippen LogP contribution in [0.15, 0.2) is 72.1 Å². The largest absolute Gasteiger partial charge is 0.368 e. The third kappa shape index (κ3) is 5.60. The number of anilines is 2. The third-order valence-electron chi connectivity index (χ3n) is 7.61. The lowest BCUT2D eigenvalue weighted by Crippen LogP contribution is -2.48. The highest BCUT2D eigenvalue weighted by atomic mass is 32.1. The van der Waals surface area contributed by atoms with Crippen molar-refractivity contribution in [3.8, 4) is 0 Å². The van der Waals surface area contributed by atoms with Gasteiger partial charge in [0.1, 0.15) is 6.04 Å². The number of amides is 4. The summed E-state index contributed by atoms with van der Waals surface area (Å²) < 4.78 is 0. The van der Waals surface area contributed by atoms with Gasteiger partial charge in [0, 0.05) is 44.4 Å². The van der Waals surface area contributed by atoms with E-state index in [1.807, 2.05) is 44.4 Å². The van der Waals surface area contributed by atoms with E-state index in [-0.39, 0.29) is 11.7 Å². The second-order valence-corrected chi connectivity index (χ2v) is 12.9. The molecule has 1 fully saturated rings. The van der Waals surface area contributed by atoms with Gasteiger partial charge in [0.2, 0.25) is 11.8 Å². The lowest BCUT2D eigenvalue weighted by atomic mass is 9.76. The normalized spacial score (nSPS) is 19.9. The minimum atomic E-state index is -1.12. The molecule has 0 spiro atoms. The molecule has 1 saturated heterocycles. The second-order valence-electron chi connectivity index (χ2n) is 10.5. The number of hydrogen-bond acceptors (Lipinski definition) is 6. The summed E-state index contributed by atoms with van der Waals surface area (Å²) in [4.78, 5) is 57.9. The number of thiophene rings is 2. The second kappa shape index (κ2) is 11.9. The maximum atomic E-state index is 14.6. The molecule has 8 nitrogen and oxygen atoms in total. The molecule has 0 aliphatic carbocycles. The highest BCUT2D eigenvalue weighted by molar-refractivity contribution is 7.12. The fourth-order valence-corrected chi connectivity index (χ4v) is 7.91.